The Labute approximate surface area is 164 Å². The number of nitro benzene ring substituents is 1. The first-order valence-corrected chi connectivity index (χ1v) is 8.91. The molecular weight excluding hydrogens is 362 g/mol. The van der Waals surface area contributed by atoms with E-state index in [1.54, 1.807) is 13.0 Å². The number of carbonyl (C=O) groups is 1. The van der Waals surface area contributed by atoms with E-state index in [0.717, 1.165) is 11.3 Å². The number of methoxy groups -OCH3 is 1. The average molecular weight is 387 g/mol. The van der Waals surface area contributed by atoms with Crippen molar-refractivity contribution in [2.24, 2.45) is 0 Å². The summed E-state index contributed by atoms with van der Waals surface area (Å²) in [5.41, 5.74) is 0.951. The van der Waals surface area contributed by atoms with Gasteiger partial charge in [0.1, 0.15) is 17.2 Å². The number of benzene rings is 2. The first-order chi connectivity index (χ1) is 13.3. The number of hydrogen-bond acceptors (Lipinski definition) is 6. The van der Waals surface area contributed by atoms with Gasteiger partial charge in [-0.05, 0) is 50.7 Å². The van der Waals surface area contributed by atoms with Gasteiger partial charge in [0.15, 0.2) is 0 Å². The minimum absolute atomic E-state index is 0.136. The molecule has 8 nitrogen and oxygen atoms in total. The molecule has 0 aromatic heterocycles. The third-order valence-electron chi connectivity index (χ3n) is 4.37. The number of nitrogens with zero attached hydrogens (tertiary/aromatic N) is 2. The lowest BCUT2D eigenvalue weighted by Gasteiger charge is -2.24. The molecule has 8 heteroatoms. The molecule has 0 aliphatic rings. The fourth-order valence-corrected chi connectivity index (χ4v) is 2.62. The maximum absolute atomic E-state index is 12.6. The molecule has 0 spiro atoms. The number of likely N-dealkylation sites (N-methyl/N-ethyl adjacent to an activating group) is 1. The van der Waals surface area contributed by atoms with Crippen LogP contribution >= 0.6 is 0 Å². The summed E-state index contributed by atoms with van der Waals surface area (Å²) in [6.45, 7) is 4.83. The molecule has 2 aromatic rings. The first-order valence-electron chi connectivity index (χ1n) is 8.91. The maximum Gasteiger partial charge on any atom is 0.296 e. The van der Waals surface area contributed by atoms with E-state index in [9.17, 15) is 14.9 Å². The van der Waals surface area contributed by atoms with Crippen molar-refractivity contribution in [2.75, 3.05) is 26.1 Å². The number of hydrogen-bond donors (Lipinski definition) is 1. The zero-order chi connectivity index (χ0) is 20.7. The number of rotatable bonds is 9. The van der Waals surface area contributed by atoms with E-state index in [1.165, 1.54) is 19.2 Å². The van der Waals surface area contributed by atoms with E-state index in [0.29, 0.717) is 18.9 Å². The molecule has 0 saturated heterocycles. The van der Waals surface area contributed by atoms with Crippen molar-refractivity contribution < 1.29 is 19.2 Å². The van der Waals surface area contributed by atoms with Crippen LogP contribution in [0, 0.1) is 10.1 Å². The molecule has 2 aromatic carbocycles. The minimum Gasteiger partial charge on any atom is -0.496 e. The van der Waals surface area contributed by atoms with Crippen LogP contribution in [-0.4, -0.2) is 42.5 Å². The van der Waals surface area contributed by atoms with Crippen molar-refractivity contribution >= 4 is 17.3 Å². The average Bonchev–Trinajstić information content (AvgIpc) is 2.69. The lowest BCUT2D eigenvalue weighted by Crippen LogP contribution is -2.39. The third kappa shape index (κ3) is 5.43. The van der Waals surface area contributed by atoms with Gasteiger partial charge in [-0.1, -0.05) is 12.1 Å². The van der Waals surface area contributed by atoms with E-state index in [-0.39, 0.29) is 17.3 Å². The van der Waals surface area contributed by atoms with E-state index < -0.39 is 11.0 Å². The Morgan fingerprint density at radius 1 is 1.21 bits per heavy atom. The largest absolute Gasteiger partial charge is 0.496 e. The summed E-state index contributed by atoms with van der Waals surface area (Å²) >= 11 is 0. The van der Waals surface area contributed by atoms with Gasteiger partial charge in [0.2, 0.25) is 5.91 Å². The number of anilines is 1. The molecule has 0 fully saturated rings. The predicted octanol–water partition coefficient (Wildman–Crippen LogP) is 3.46. The lowest BCUT2D eigenvalue weighted by atomic mass is 10.1. The fourth-order valence-electron chi connectivity index (χ4n) is 2.62. The van der Waals surface area contributed by atoms with Gasteiger partial charge in [-0.2, -0.15) is 0 Å². The summed E-state index contributed by atoms with van der Waals surface area (Å²) in [6.07, 6.45) is 0. The van der Waals surface area contributed by atoms with Crippen LogP contribution in [0.15, 0.2) is 42.5 Å². The standard InChI is InChI=1S/C20H25N3O5/c1-5-28-16-8-6-15(7-9-16)13-22(3)14(2)20(24)21-18-11-10-17(27-4)12-19(18)23(25)26/h6-12,14H,5,13H2,1-4H3,(H,21,24)/t14-/m1/s1. The highest BCUT2D eigenvalue weighted by Gasteiger charge is 2.22. The molecule has 28 heavy (non-hydrogen) atoms. The van der Waals surface area contributed by atoms with Crippen LogP contribution in [0.4, 0.5) is 11.4 Å². The highest BCUT2D eigenvalue weighted by Crippen LogP contribution is 2.29. The van der Waals surface area contributed by atoms with Gasteiger partial charge in [-0.15, -0.1) is 0 Å². The summed E-state index contributed by atoms with van der Waals surface area (Å²) in [4.78, 5) is 25.2. The second kappa shape index (κ2) is 9.70. The summed E-state index contributed by atoms with van der Waals surface area (Å²) in [5, 5.41) is 13.9. The van der Waals surface area contributed by atoms with Crippen LogP contribution in [-0.2, 0) is 11.3 Å². The molecule has 1 atom stereocenters. The Kier molecular flexibility index (Phi) is 7.34. The van der Waals surface area contributed by atoms with E-state index in [4.69, 9.17) is 9.47 Å². The van der Waals surface area contributed by atoms with Crippen LogP contribution in [0.25, 0.3) is 0 Å². The molecule has 0 heterocycles. The maximum atomic E-state index is 12.6. The lowest BCUT2D eigenvalue weighted by molar-refractivity contribution is -0.384. The minimum atomic E-state index is -0.549. The van der Waals surface area contributed by atoms with Gasteiger partial charge in [-0.25, -0.2) is 0 Å². The summed E-state index contributed by atoms with van der Waals surface area (Å²) in [5.74, 6) is 0.818. The van der Waals surface area contributed by atoms with Crippen molar-refractivity contribution in [1.82, 2.24) is 4.90 Å². The molecule has 0 radical (unpaired) electrons. The van der Waals surface area contributed by atoms with Gasteiger partial charge in [0.25, 0.3) is 5.69 Å². The third-order valence-corrected chi connectivity index (χ3v) is 4.37. The number of carbonyl (C=O) groups excluding carboxylic acids is 1. The van der Waals surface area contributed by atoms with Gasteiger partial charge < -0.3 is 14.8 Å². The molecule has 1 N–H and O–H groups in total. The summed E-state index contributed by atoms with van der Waals surface area (Å²) < 4.78 is 10.4. The Hall–Kier alpha value is -3.13. The predicted molar refractivity (Wildman–Crippen MR) is 107 cm³/mol. The number of nitro groups is 1. The van der Waals surface area contributed by atoms with Crippen LogP contribution in [0.2, 0.25) is 0 Å². The molecule has 1 amide bonds. The molecule has 150 valence electrons. The van der Waals surface area contributed by atoms with Crippen molar-refractivity contribution in [3.05, 3.63) is 58.1 Å². The number of ether oxygens (including phenoxy) is 2. The molecular formula is C20H25N3O5. The Morgan fingerprint density at radius 2 is 1.86 bits per heavy atom. The highest BCUT2D eigenvalue weighted by molar-refractivity contribution is 5.96. The van der Waals surface area contributed by atoms with Crippen molar-refractivity contribution in [1.29, 1.82) is 0 Å². The zero-order valence-corrected chi connectivity index (χ0v) is 16.5. The summed E-state index contributed by atoms with van der Waals surface area (Å²) in [6, 6.07) is 11.5. The van der Waals surface area contributed by atoms with E-state index in [2.05, 4.69) is 5.32 Å². The van der Waals surface area contributed by atoms with Crippen LogP contribution in [0.3, 0.4) is 0 Å². The van der Waals surface area contributed by atoms with Crippen molar-refractivity contribution in [2.45, 2.75) is 26.4 Å². The van der Waals surface area contributed by atoms with E-state index >= 15 is 0 Å². The Morgan fingerprint density at radius 3 is 2.43 bits per heavy atom. The van der Waals surface area contributed by atoms with E-state index in [1.807, 2.05) is 43.1 Å². The molecule has 0 saturated carbocycles. The van der Waals surface area contributed by atoms with Crippen LogP contribution < -0.4 is 14.8 Å². The quantitative estimate of drug-likeness (QED) is 0.523. The van der Waals surface area contributed by atoms with Gasteiger partial charge in [0.05, 0.1) is 30.7 Å². The molecule has 2 rings (SSSR count). The second-order valence-electron chi connectivity index (χ2n) is 6.30. The second-order valence-corrected chi connectivity index (χ2v) is 6.30. The number of amides is 1. The molecule has 0 bridgehead atoms. The smallest absolute Gasteiger partial charge is 0.296 e. The van der Waals surface area contributed by atoms with Gasteiger partial charge in [0, 0.05) is 6.54 Å². The van der Waals surface area contributed by atoms with Crippen molar-refractivity contribution in [3.8, 4) is 11.5 Å². The van der Waals surface area contributed by atoms with Gasteiger partial charge in [-0.3, -0.25) is 19.8 Å². The molecule has 0 unspecified atom stereocenters. The SMILES string of the molecule is CCOc1ccc(CN(C)[C@H](C)C(=O)Nc2ccc(OC)cc2[N+](=O)[O-])cc1. The van der Waals surface area contributed by atoms with Crippen LogP contribution in [0.1, 0.15) is 19.4 Å². The zero-order valence-electron chi connectivity index (χ0n) is 16.5. The van der Waals surface area contributed by atoms with Gasteiger partial charge >= 0.3 is 0 Å². The first kappa shape index (κ1) is 21.2. The topological polar surface area (TPSA) is 93.9 Å². The van der Waals surface area contributed by atoms with Crippen LogP contribution in [0.5, 0.6) is 11.5 Å². The molecule has 0 aliphatic heterocycles. The Balaban J connectivity index is 2.04. The fraction of sp³-hybridized carbons (Fsp3) is 0.350. The van der Waals surface area contributed by atoms with Crippen molar-refractivity contribution in [3.63, 3.8) is 0 Å². The molecule has 0 aliphatic carbocycles. The highest BCUT2D eigenvalue weighted by atomic mass is 16.6. The normalized spacial score (nSPS) is 11.8. The monoisotopic (exact) mass is 387 g/mol. The summed E-state index contributed by atoms with van der Waals surface area (Å²) in [7, 11) is 3.25. The number of nitrogens with one attached hydrogen (secondary N) is 1. The Bertz CT molecular complexity index is 823.